The van der Waals surface area contributed by atoms with Gasteiger partial charge < -0.3 is 10.1 Å². The van der Waals surface area contributed by atoms with Gasteiger partial charge in [-0.1, -0.05) is 39.7 Å². The van der Waals surface area contributed by atoms with E-state index in [4.69, 9.17) is 16.3 Å². The monoisotopic (exact) mass is 584 g/mol. The summed E-state index contributed by atoms with van der Waals surface area (Å²) >= 11 is 10.7. The first-order chi connectivity index (χ1) is 17.4. The fourth-order valence-electron chi connectivity index (χ4n) is 3.64. The van der Waals surface area contributed by atoms with Gasteiger partial charge in [-0.2, -0.15) is 10.4 Å². The summed E-state index contributed by atoms with van der Waals surface area (Å²) in [6.45, 7) is 0. The van der Waals surface area contributed by atoms with Crippen molar-refractivity contribution in [3.05, 3.63) is 79.1 Å². The average Bonchev–Trinajstić information content (AvgIpc) is 3.22. The second kappa shape index (κ2) is 11.5. The van der Waals surface area contributed by atoms with Crippen molar-refractivity contribution in [3.8, 4) is 11.8 Å². The Kier molecular flexibility index (Phi) is 8.15. The maximum absolute atomic E-state index is 12.5. The van der Waals surface area contributed by atoms with Crippen LogP contribution in [0.15, 0.2) is 52.0 Å². The van der Waals surface area contributed by atoms with E-state index in [1.807, 2.05) is 0 Å². The molecule has 2 aromatic carbocycles. The molecular weight excluding hydrogens is 568 g/mol. The Morgan fingerprint density at radius 1 is 1.14 bits per heavy atom. The SMILES string of the molecule is N#Cc1c(NC(=O)C(=O)N/N=C/c2cc(Br)ccc2OC(=O)c2ccccc2Cl)sc2c1CCCC2. The second-order valence-electron chi connectivity index (χ2n) is 7.73. The van der Waals surface area contributed by atoms with E-state index in [9.17, 15) is 19.6 Å². The van der Waals surface area contributed by atoms with Crippen LogP contribution in [0.5, 0.6) is 5.75 Å². The number of hydrazone groups is 1. The largest absolute Gasteiger partial charge is 0.422 e. The highest BCUT2D eigenvalue weighted by molar-refractivity contribution is 9.10. The number of nitriles is 1. The molecule has 8 nitrogen and oxygen atoms in total. The molecule has 182 valence electrons. The number of aryl methyl sites for hydroxylation is 1. The fourth-order valence-corrected chi connectivity index (χ4v) is 5.46. The topological polar surface area (TPSA) is 121 Å². The van der Waals surface area contributed by atoms with E-state index >= 15 is 0 Å². The van der Waals surface area contributed by atoms with E-state index in [1.54, 1.807) is 36.4 Å². The van der Waals surface area contributed by atoms with Crippen LogP contribution in [0.4, 0.5) is 5.00 Å². The van der Waals surface area contributed by atoms with E-state index in [-0.39, 0.29) is 16.3 Å². The van der Waals surface area contributed by atoms with Crippen molar-refractivity contribution in [2.24, 2.45) is 5.10 Å². The number of carbonyl (C=O) groups is 3. The average molecular weight is 586 g/mol. The number of halogens is 2. The van der Waals surface area contributed by atoms with Crippen LogP contribution >= 0.6 is 38.9 Å². The summed E-state index contributed by atoms with van der Waals surface area (Å²) in [6.07, 6.45) is 4.92. The van der Waals surface area contributed by atoms with Gasteiger partial charge in [-0.25, -0.2) is 10.2 Å². The molecule has 4 rings (SSSR count). The Morgan fingerprint density at radius 2 is 1.92 bits per heavy atom. The highest BCUT2D eigenvalue weighted by Crippen LogP contribution is 2.37. The summed E-state index contributed by atoms with van der Waals surface area (Å²) in [6, 6.07) is 13.5. The Labute approximate surface area is 224 Å². The molecule has 0 saturated heterocycles. The van der Waals surface area contributed by atoms with Crippen LogP contribution in [-0.4, -0.2) is 24.0 Å². The number of carbonyl (C=O) groups excluding carboxylic acids is 3. The number of amides is 2. The summed E-state index contributed by atoms with van der Waals surface area (Å²) in [7, 11) is 0. The molecule has 11 heteroatoms. The number of thiophene rings is 1. The van der Waals surface area contributed by atoms with E-state index in [0.717, 1.165) is 36.1 Å². The Hall–Kier alpha value is -3.52. The minimum atomic E-state index is -1.01. The Bertz CT molecular complexity index is 1430. The highest BCUT2D eigenvalue weighted by atomic mass is 79.9. The number of benzene rings is 2. The third kappa shape index (κ3) is 5.82. The molecule has 2 amide bonds. The number of hydrogen-bond acceptors (Lipinski definition) is 7. The van der Waals surface area contributed by atoms with Gasteiger partial charge in [0, 0.05) is 14.9 Å². The number of nitrogens with zero attached hydrogens (tertiary/aromatic N) is 2. The minimum Gasteiger partial charge on any atom is -0.422 e. The first-order valence-corrected chi connectivity index (χ1v) is 12.8. The molecular formula is C25H18BrClN4O4S. The van der Waals surface area contributed by atoms with Gasteiger partial charge in [0.25, 0.3) is 0 Å². The summed E-state index contributed by atoms with van der Waals surface area (Å²) in [5, 5.41) is 16.5. The van der Waals surface area contributed by atoms with Crippen LogP contribution in [0.2, 0.25) is 5.02 Å². The molecule has 36 heavy (non-hydrogen) atoms. The molecule has 1 heterocycles. The van der Waals surface area contributed by atoms with Crippen molar-refractivity contribution in [2.45, 2.75) is 25.7 Å². The summed E-state index contributed by atoms with van der Waals surface area (Å²) < 4.78 is 6.14. The third-order valence-corrected chi connectivity index (χ3v) is 7.38. The van der Waals surface area contributed by atoms with Crippen LogP contribution in [0.3, 0.4) is 0 Å². The molecule has 0 saturated carbocycles. The van der Waals surface area contributed by atoms with Crippen molar-refractivity contribution in [3.63, 3.8) is 0 Å². The molecule has 0 spiro atoms. The van der Waals surface area contributed by atoms with Gasteiger partial charge in [0.15, 0.2) is 0 Å². The smallest absolute Gasteiger partial charge is 0.345 e. The maximum Gasteiger partial charge on any atom is 0.345 e. The molecule has 3 aromatic rings. The van der Waals surface area contributed by atoms with Crippen molar-refractivity contribution in [1.82, 2.24) is 5.43 Å². The zero-order chi connectivity index (χ0) is 25.7. The second-order valence-corrected chi connectivity index (χ2v) is 10.2. The van der Waals surface area contributed by atoms with Gasteiger partial charge in [-0.15, -0.1) is 11.3 Å². The number of ether oxygens (including phenoxy) is 1. The van der Waals surface area contributed by atoms with Crippen molar-refractivity contribution in [2.75, 3.05) is 5.32 Å². The van der Waals surface area contributed by atoms with Crippen molar-refractivity contribution in [1.29, 1.82) is 5.26 Å². The van der Waals surface area contributed by atoms with Crippen LogP contribution in [0, 0.1) is 11.3 Å². The molecule has 0 radical (unpaired) electrons. The number of anilines is 1. The van der Waals surface area contributed by atoms with Gasteiger partial charge in [-0.05, 0) is 61.6 Å². The lowest BCUT2D eigenvalue weighted by atomic mass is 9.96. The lowest BCUT2D eigenvalue weighted by Gasteiger charge is -2.09. The Balaban J connectivity index is 1.43. The predicted molar refractivity (Wildman–Crippen MR) is 141 cm³/mol. The first kappa shape index (κ1) is 25.6. The predicted octanol–water partition coefficient (Wildman–Crippen LogP) is 5.22. The molecule has 0 fully saturated rings. The molecule has 0 atom stereocenters. The van der Waals surface area contributed by atoms with Crippen molar-refractivity contribution >= 4 is 67.9 Å². The zero-order valence-corrected chi connectivity index (χ0v) is 21.8. The molecule has 1 aliphatic carbocycles. The van der Waals surface area contributed by atoms with Crippen LogP contribution in [-0.2, 0) is 22.4 Å². The zero-order valence-electron chi connectivity index (χ0n) is 18.6. The Morgan fingerprint density at radius 3 is 2.69 bits per heavy atom. The van der Waals surface area contributed by atoms with Gasteiger partial charge in [0.2, 0.25) is 0 Å². The number of fused-ring (bicyclic) bond motifs is 1. The number of rotatable bonds is 5. The normalized spacial score (nSPS) is 12.5. The molecule has 0 bridgehead atoms. The number of hydrogen-bond donors (Lipinski definition) is 2. The molecule has 1 aromatic heterocycles. The van der Waals surface area contributed by atoms with Gasteiger partial charge >= 0.3 is 17.8 Å². The fraction of sp³-hybridized carbons (Fsp3) is 0.160. The number of esters is 1. The summed E-state index contributed by atoms with van der Waals surface area (Å²) in [5.74, 6) is -2.44. The molecule has 0 unspecified atom stereocenters. The highest BCUT2D eigenvalue weighted by Gasteiger charge is 2.23. The van der Waals surface area contributed by atoms with Crippen LogP contribution < -0.4 is 15.5 Å². The van der Waals surface area contributed by atoms with Gasteiger partial charge in [0.05, 0.1) is 22.4 Å². The number of nitrogens with one attached hydrogen (secondary N) is 2. The molecule has 0 aliphatic heterocycles. The van der Waals surface area contributed by atoms with Crippen LogP contribution in [0.1, 0.15) is 44.8 Å². The van der Waals surface area contributed by atoms with E-state index in [2.05, 4.69) is 37.8 Å². The van der Waals surface area contributed by atoms with E-state index in [0.29, 0.717) is 20.6 Å². The molecule has 1 aliphatic rings. The summed E-state index contributed by atoms with van der Waals surface area (Å²) in [4.78, 5) is 38.3. The standard InChI is InChI=1S/C25H18BrClN4O4S/c26-15-9-10-20(35-25(34)17-6-1-3-7-19(17)27)14(11-15)13-29-31-23(33)22(32)30-24-18(12-28)16-5-2-4-8-21(16)36-24/h1,3,6-7,9-11,13H,2,4-5,8H2,(H,30,32)(H,31,33)/b29-13+. The maximum atomic E-state index is 12.5. The molecule has 2 N–H and O–H groups in total. The summed E-state index contributed by atoms with van der Waals surface area (Å²) in [5.41, 5.74) is 4.08. The van der Waals surface area contributed by atoms with Gasteiger partial charge in [-0.3, -0.25) is 9.59 Å². The quantitative estimate of drug-likeness (QED) is 0.140. The lowest BCUT2D eigenvalue weighted by molar-refractivity contribution is -0.136. The van der Waals surface area contributed by atoms with Gasteiger partial charge in [0.1, 0.15) is 16.8 Å². The van der Waals surface area contributed by atoms with E-state index < -0.39 is 17.8 Å². The van der Waals surface area contributed by atoms with Crippen LogP contribution in [0.25, 0.3) is 0 Å². The minimum absolute atomic E-state index is 0.174. The van der Waals surface area contributed by atoms with Crippen molar-refractivity contribution < 1.29 is 19.1 Å². The first-order valence-electron chi connectivity index (χ1n) is 10.8. The third-order valence-electron chi connectivity index (χ3n) is 5.35. The van der Waals surface area contributed by atoms with E-state index in [1.165, 1.54) is 23.6 Å². The lowest BCUT2D eigenvalue weighted by Crippen LogP contribution is -2.32.